The first-order chi connectivity index (χ1) is 8.66. The van der Waals surface area contributed by atoms with Gasteiger partial charge in [-0.15, -0.1) is 0 Å². The molecule has 6 heteroatoms. The number of guanidine groups is 1. The smallest absolute Gasteiger partial charge is 0.256 e. The predicted molar refractivity (Wildman–Crippen MR) is 67.0 cm³/mol. The Bertz CT molecular complexity index is 460. The Hall–Kier alpha value is -1.95. The van der Waals surface area contributed by atoms with E-state index in [0.29, 0.717) is 19.1 Å². The van der Waals surface area contributed by atoms with Gasteiger partial charge < -0.3 is 10.1 Å². The topological polar surface area (TPSA) is 75.6 Å². The maximum Gasteiger partial charge on any atom is 0.256 e. The highest BCUT2D eigenvalue weighted by Gasteiger charge is 2.42. The summed E-state index contributed by atoms with van der Waals surface area (Å²) in [6.07, 6.45) is 3.32. The normalized spacial score (nSPS) is 25.0. The van der Waals surface area contributed by atoms with Crippen molar-refractivity contribution in [3.8, 4) is 0 Å². The average molecular weight is 248 g/mol. The molecule has 0 radical (unpaired) electrons. The van der Waals surface area contributed by atoms with Gasteiger partial charge in [-0.25, -0.2) is 0 Å². The van der Waals surface area contributed by atoms with E-state index in [1.54, 1.807) is 19.5 Å². The fraction of sp³-hybridized carbons (Fsp3) is 0.417. The number of ether oxygens (including phenoxy) is 1. The van der Waals surface area contributed by atoms with Gasteiger partial charge in [-0.2, -0.15) is 0 Å². The third-order valence-corrected chi connectivity index (χ3v) is 2.88. The SMILES string of the molecule is COCCN=C1NC(=O)C(C)(c2ccncc2)N1. The first-order valence-corrected chi connectivity index (χ1v) is 5.70. The molecule has 1 aromatic heterocycles. The standard InChI is InChI=1S/C12H16N4O2/c1-12(9-3-5-13-6-4-9)10(17)15-11(16-12)14-7-8-18-2/h3-6H,7-8H2,1-2H3,(H2,14,15,16,17). The van der Waals surface area contributed by atoms with E-state index in [2.05, 4.69) is 20.6 Å². The highest BCUT2D eigenvalue weighted by atomic mass is 16.5. The first-order valence-electron chi connectivity index (χ1n) is 5.70. The number of hydrogen-bond acceptors (Lipinski definition) is 4. The van der Waals surface area contributed by atoms with Crippen molar-refractivity contribution in [2.75, 3.05) is 20.3 Å². The van der Waals surface area contributed by atoms with E-state index < -0.39 is 5.54 Å². The second-order valence-electron chi connectivity index (χ2n) is 4.16. The summed E-state index contributed by atoms with van der Waals surface area (Å²) in [5.74, 6) is 0.362. The zero-order chi connectivity index (χ0) is 13.0. The van der Waals surface area contributed by atoms with Crippen LogP contribution in [0.15, 0.2) is 29.5 Å². The van der Waals surface area contributed by atoms with Crippen LogP contribution in [0.25, 0.3) is 0 Å². The zero-order valence-corrected chi connectivity index (χ0v) is 10.4. The van der Waals surface area contributed by atoms with Crippen molar-refractivity contribution in [2.24, 2.45) is 4.99 Å². The van der Waals surface area contributed by atoms with Gasteiger partial charge in [0.1, 0.15) is 5.54 Å². The molecule has 6 nitrogen and oxygen atoms in total. The monoisotopic (exact) mass is 248 g/mol. The number of aliphatic imine (C=N–C) groups is 1. The number of hydrogen-bond donors (Lipinski definition) is 2. The number of nitrogens with one attached hydrogen (secondary N) is 2. The third-order valence-electron chi connectivity index (χ3n) is 2.88. The molecule has 1 amide bonds. The lowest BCUT2D eigenvalue weighted by Gasteiger charge is -2.21. The van der Waals surface area contributed by atoms with Gasteiger partial charge in [-0.3, -0.25) is 20.1 Å². The number of pyridine rings is 1. The zero-order valence-electron chi connectivity index (χ0n) is 10.4. The van der Waals surface area contributed by atoms with E-state index in [-0.39, 0.29) is 5.91 Å². The second-order valence-corrected chi connectivity index (χ2v) is 4.16. The van der Waals surface area contributed by atoms with Crippen molar-refractivity contribution in [1.82, 2.24) is 15.6 Å². The number of rotatable bonds is 4. The van der Waals surface area contributed by atoms with Crippen LogP contribution in [-0.2, 0) is 15.1 Å². The Balaban J connectivity index is 2.16. The lowest BCUT2D eigenvalue weighted by Crippen LogP contribution is -2.40. The van der Waals surface area contributed by atoms with E-state index in [4.69, 9.17) is 4.74 Å². The number of amides is 1. The van der Waals surface area contributed by atoms with Gasteiger partial charge in [0.05, 0.1) is 13.2 Å². The third kappa shape index (κ3) is 2.33. The van der Waals surface area contributed by atoms with Gasteiger partial charge in [-0.1, -0.05) is 0 Å². The molecule has 0 spiro atoms. The van der Waals surface area contributed by atoms with Crippen LogP contribution in [0.1, 0.15) is 12.5 Å². The van der Waals surface area contributed by atoms with Crippen molar-refractivity contribution >= 4 is 11.9 Å². The summed E-state index contributed by atoms with van der Waals surface area (Å²) in [4.78, 5) is 20.2. The summed E-state index contributed by atoms with van der Waals surface area (Å²) in [5, 5.41) is 5.82. The quantitative estimate of drug-likeness (QED) is 0.736. The van der Waals surface area contributed by atoms with Gasteiger partial charge in [-0.05, 0) is 24.6 Å². The molecule has 2 rings (SSSR count). The fourth-order valence-corrected chi connectivity index (χ4v) is 1.77. The summed E-state index contributed by atoms with van der Waals surface area (Å²) >= 11 is 0. The van der Waals surface area contributed by atoms with Crippen molar-refractivity contribution in [3.05, 3.63) is 30.1 Å². The molecule has 1 fully saturated rings. The van der Waals surface area contributed by atoms with Gasteiger partial charge in [0, 0.05) is 19.5 Å². The van der Waals surface area contributed by atoms with Gasteiger partial charge in [0.15, 0.2) is 5.96 Å². The van der Waals surface area contributed by atoms with E-state index in [9.17, 15) is 4.79 Å². The molecular formula is C12H16N4O2. The molecule has 2 heterocycles. The Morgan fingerprint density at radius 2 is 2.17 bits per heavy atom. The van der Waals surface area contributed by atoms with Crippen LogP contribution >= 0.6 is 0 Å². The Morgan fingerprint density at radius 1 is 1.44 bits per heavy atom. The van der Waals surface area contributed by atoms with Crippen LogP contribution < -0.4 is 10.6 Å². The minimum absolute atomic E-state index is 0.120. The predicted octanol–water partition coefficient (Wildman–Crippen LogP) is 0.0186. The Kier molecular flexibility index (Phi) is 3.57. The maximum atomic E-state index is 12.0. The Morgan fingerprint density at radius 3 is 2.83 bits per heavy atom. The van der Waals surface area contributed by atoms with Gasteiger partial charge in [0.2, 0.25) is 0 Å². The second kappa shape index (κ2) is 5.14. The fourth-order valence-electron chi connectivity index (χ4n) is 1.77. The number of methoxy groups -OCH3 is 1. The van der Waals surface area contributed by atoms with Crippen molar-refractivity contribution in [1.29, 1.82) is 0 Å². The van der Waals surface area contributed by atoms with Crippen molar-refractivity contribution in [3.63, 3.8) is 0 Å². The summed E-state index contributed by atoms with van der Waals surface area (Å²) in [7, 11) is 1.61. The summed E-state index contributed by atoms with van der Waals surface area (Å²) in [5.41, 5.74) is 0.0569. The van der Waals surface area contributed by atoms with Gasteiger partial charge >= 0.3 is 0 Å². The van der Waals surface area contributed by atoms with E-state index in [1.807, 2.05) is 19.1 Å². The molecule has 0 saturated carbocycles. The summed E-state index contributed by atoms with van der Waals surface area (Å²) < 4.78 is 4.91. The molecule has 1 aliphatic heterocycles. The molecule has 1 aromatic rings. The van der Waals surface area contributed by atoms with E-state index in [0.717, 1.165) is 5.56 Å². The molecule has 2 N–H and O–H groups in total. The van der Waals surface area contributed by atoms with Crippen molar-refractivity contribution < 1.29 is 9.53 Å². The van der Waals surface area contributed by atoms with Crippen LogP contribution in [-0.4, -0.2) is 37.1 Å². The maximum absolute atomic E-state index is 12.0. The summed E-state index contributed by atoms with van der Waals surface area (Å²) in [6, 6.07) is 3.62. The highest BCUT2D eigenvalue weighted by Crippen LogP contribution is 2.23. The van der Waals surface area contributed by atoms with Crippen LogP contribution in [0.4, 0.5) is 0 Å². The van der Waals surface area contributed by atoms with Crippen LogP contribution in [0.2, 0.25) is 0 Å². The van der Waals surface area contributed by atoms with Crippen LogP contribution in [0, 0.1) is 0 Å². The lowest BCUT2D eigenvalue weighted by molar-refractivity contribution is -0.123. The Labute approximate surface area is 105 Å². The number of carbonyl (C=O) groups excluding carboxylic acids is 1. The summed E-state index contributed by atoms with van der Waals surface area (Å²) in [6.45, 7) is 2.84. The average Bonchev–Trinajstić information content (AvgIpc) is 2.68. The number of aromatic nitrogens is 1. The van der Waals surface area contributed by atoms with E-state index in [1.165, 1.54) is 0 Å². The molecule has 0 aliphatic carbocycles. The highest BCUT2D eigenvalue weighted by molar-refractivity contribution is 6.09. The molecule has 0 aromatic carbocycles. The first kappa shape index (κ1) is 12.5. The minimum atomic E-state index is -0.797. The molecule has 1 saturated heterocycles. The molecule has 1 aliphatic rings. The van der Waals surface area contributed by atoms with Crippen LogP contribution in [0.5, 0.6) is 0 Å². The molecule has 1 unspecified atom stereocenters. The van der Waals surface area contributed by atoms with Crippen molar-refractivity contribution in [2.45, 2.75) is 12.5 Å². The molecular weight excluding hydrogens is 232 g/mol. The molecule has 18 heavy (non-hydrogen) atoms. The number of carbonyl (C=O) groups is 1. The lowest BCUT2D eigenvalue weighted by atomic mass is 9.93. The largest absolute Gasteiger partial charge is 0.383 e. The minimum Gasteiger partial charge on any atom is -0.383 e. The molecule has 0 bridgehead atoms. The molecule has 1 atom stereocenters. The molecule has 96 valence electrons. The van der Waals surface area contributed by atoms with E-state index >= 15 is 0 Å². The number of nitrogens with zero attached hydrogens (tertiary/aromatic N) is 2. The van der Waals surface area contributed by atoms with Gasteiger partial charge in [0.25, 0.3) is 5.91 Å². The van der Waals surface area contributed by atoms with Crippen LogP contribution in [0.3, 0.4) is 0 Å².